The molecule has 8 heteroatoms. The third-order valence-electron chi connectivity index (χ3n) is 7.26. The summed E-state index contributed by atoms with van der Waals surface area (Å²) in [5.74, 6) is -0.485. The summed E-state index contributed by atoms with van der Waals surface area (Å²) in [7, 11) is 1.56. The van der Waals surface area contributed by atoms with Crippen molar-refractivity contribution in [2.24, 2.45) is 0 Å². The molecule has 0 saturated carbocycles. The summed E-state index contributed by atoms with van der Waals surface area (Å²) in [4.78, 5) is 30.9. The number of ketones is 1. The molecule has 1 aliphatic heterocycles. The van der Waals surface area contributed by atoms with Crippen LogP contribution in [0.2, 0.25) is 0 Å². The molecule has 0 radical (unpaired) electrons. The van der Waals surface area contributed by atoms with Crippen LogP contribution in [0, 0.1) is 0 Å². The van der Waals surface area contributed by atoms with Crippen LogP contribution in [0.4, 0.5) is 0 Å². The fourth-order valence-electron chi connectivity index (χ4n) is 4.99. The first-order chi connectivity index (χ1) is 18.9. The Hall–Kier alpha value is -3.78. The number of fused-ring (bicyclic) bond motifs is 1. The van der Waals surface area contributed by atoms with Gasteiger partial charge in [0.1, 0.15) is 5.58 Å². The molecule has 208 valence electrons. The molecular formula is C31H38N2O6. The van der Waals surface area contributed by atoms with Gasteiger partial charge in [-0.2, -0.15) is 0 Å². The highest BCUT2D eigenvalue weighted by Crippen LogP contribution is 2.42. The van der Waals surface area contributed by atoms with Gasteiger partial charge in [0.15, 0.2) is 23.0 Å². The molecule has 8 nitrogen and oxygen atoms in total. The minimum absolute atomic E-state index is 0.00253. The maximum atomic E-state index is 13.8. The van der Waals surface area contributed by atoms with Crippen molar-refractivity contribution in [3.8, 4) is 11.5 Å². The zero-order chi connectivity index (χ0) is 27.9. The summed E-state index contributed by atoms with van der Waals surface area (Å²) in [6, 6.07) is 13.5. The van der Waals surface area contributed by atoms with Crippen LogP contribution in [0.3, 0.4) is 0 Å². The fraction of sp³-hybridized carbons (Fsp3) is 0.419. The molecular weight excluding hydrogens is 496 g/mol. The van der Waals surface area contributed by atoms with E-state index in [1.165, 1.54) is 0 Å². The number of benzene rings is 2. The number of methoxy groups -OCH3 is 1. The molecule has 39 heavy (non-hydrogen) atoms. The van der Waals surface area contributed by atoms with Gasteiger partial charge >= 0.3 is 0 Å². The van der Waals surface area contributed by atoms with Gasteiger partial charge in [-0.3, -0.25) is 9.59 Å². The van der Waals surface area contributed by atoms with Crippen molar-refractivity contribution in [2.75, 3.05) is 39.9 Å². The Morgan fingerprint density at radius 1 is 1.05 bits per heavy atom. The van der Waals surface area contributed by atoms with Crippen LogP contribution in [0.1, 0.15) is 62.2 Å². The van der Waals surface area contributed by atoms with Crippen LogP contribution in [0.5, 0.6) is 11.5 Å². The second-order valence-corrected chi connectivity index (χ2v) is 9.63. The van der Waals surface area contributed by atoms with Crippen LogP contribution >= 0.6 is 0 Å². The molecule has 2 aromatic carbocycles. The van der Waals surface area contributed by atoms with Gasteiger partial charge in [0.25, 0.3) is 5.91 Å². The number of hydrogen-bond donors (Lipinski definition) is 1. The molecule has 0 aliphatic carbocycles. The van der Waals surface area contributed by atoms with E-state index in [-0.39, 0.29) is 11.3 Å². The first-order valence-electron chi connectivity index (χ1n) is 13.7. The Labute approximate surface area is 229 Å². The largest absolute Gasteiger partial charge is 0.503 e. The predicted octanol–water partition coefficient (Wildman–Crippen LogP) is 5.93. The molecule has 1 aromatic heterocycles. The van der Waals surface area contributed by atoms with Crippen LogP contribution in [0.25, 0.3) is 11.0 Å². The molecule has 0 bridgehead atoms. The predicted molar refractivity (Wildman–Crippen MR) is 150 cm³/mol. The molecule has 0 fully saturated rings. The highest BCUT2D eigenvalue weighted by Gasteiger charge is 2.44. The van der Waals surface area contributed by atoms with Crippen molar-refractivity contribution < 1.29 is 28.6 Å². The Morgan fingerprint density at radius 3 is 2.51 bits per heavy atom. The first kappa shape index (κ1) is 28.2. The summed E-state index contributed by atoms with van der Waals surface area (Å²) in [5, 5.41) is 11.8. The van der Waals surface area contributed by atoms with Crippen LogP contribution < -0.4 is 9.47 Å². The zero-order valence-corrected chi connectivity index (χ0v) is 23.2. The summed E-state index contributed by atoms with van der Waals surface area (Å²) in [5.41, 5.74) is 1.20. The number of aliphatic hydroxyl groups excluding tert-OH is 1. The van der Waals surface area contributed by atoms with Gasteiger partial charge in [0, 0.05) is 18.5 Å². The number of para-hydroxylation sites is 1. The lowest BCUT2D eigenvalue weighted by atomic mass is 9.94. The number of furan rings is 1. The van der Waals surface area contributed by atoms with Crippen LogP contribution in [-0.2, 0) is 4.79 Å². The number of aliphatic hydroxyl groups is 1. The van der Waals surface area contributed by atoms with E-state index in [9.17, 15) is 14.7 Å². The zero-order valence-electron chi connectivity index (χ0n) is 23.2. The van der Waals surface area contributed by atoms with Crippen molar-refractivity contribution in [3.63, 3.8) is 0 Å². The highest BCUT2D eigenvalue weighted by molar-refractivity contribution is 6.16. The molecule has 1 unspecified atom stereocenters. The average molecular weight is 535 g/mol. The number of unbranched alkanes of at least 4 members (excludes halogenated alkanes) is 2. The Morgan fingerprint density at radius 2 is 1.82 bits per heavy atom. The van der Waals surface area contributed by atoms with E-state index in [4.69, 9.17) is 13.9 Å². The van der Waals surface area contributed by atoms with E-state index in [0.717, 1.165) is 37.7 Å². The molecule has 3 aromatic rings. The second kappa shape index (κ2) is 12.8. The van der Waals surface area contributed by atoms with E-state index in [2.05, 4.69) is 25.7 Å². The molecule has 1 amide bonds. The maximum Gasteiger partial charge on any atom is 0.290 e. The standard InChI is InChI=1S/C31H38N2O6/c1-5-8-11-18-38-24-15-14-22(20-25(24)37-4)28-27(29(34)26-19-21-12-9-10-13-23(21)39-26)30(35)31(36)33(28)17-16-32(6-2)7-3/h9-10,12-15,19-20,28,35H,5-8,11,16-18H2,1-4H3. The normalized spacial score (nSPS) is 15.6. The second-order valence-electron chi connectivity index (χ2n) is 9.63. The monoisotopic (exact) mass is 534 g/mol. The Bertz CT molecular complexity index is 1310. The van der Waals surface area contributed by atoms with Gasteiger partial charge in [0.05, 0.1) is 25.3 Å². The van der Waals surface area contributed by atoms with Crippen molar-refractivity contribution in [3.05, 3.63) is 71.2 Å². The summed E-state index contributed by atoms with van der Waals surface area (Å²) < 4.78 is 17.4. The van der Waals surface area contributed by atoms with Gasteiger partial charge in [-0.1, -0.05) is 57.9 Å². The Balaban J connectivity index is 1.72. The molecule has 4 rings (SSSR count). The molecule has 2 heterocycles. The Kier molecular flexibility index (Phi) is 9.30. The smallest absolute Gasteiger partial charge is 0.290 e. The molecule has 1 atom stereocenters. The lowest BCUT2D eigenvalue weighted by molar-refractivity contribution is -0.129. The quantitative estimate of drug-likeness (QED) is 0.202. The number of likely N-dealkylation sites (N-methyl/N-ethyl adjacent to an activating group) is 1. The number of nitrogens with zero attached hydrogens (tertiary/aromatic N) is 2. The van der Waals surface area contributed by atoms with Crippen LogP contribution in [-0.4, -0.2) is 66.5 Å². The molecule has 1 aliphatic rings. The minimum atomic E-state index is -0.809. The van der Waals surface area contributed by atoms with E-state index in [1.807, 2.05) is 24.3 Å². The number of Topliss-reactive ketones (excluding diaryl/α,β-unsaturated/α-hetero) is 1. The summed E-state index contributed by atoms with van der Waals surface area (Å²) >= 11 is 0. The summed E-state index contributed by atoms with van der Waals surface area (Å²) in [6.45, 7) is 9.41. The topological polar surface area (TPSA) is 92.5 Å². The van der Waals surface area contributed by atoms with Crippen molar-refractivity contribution >= 4 is 22.7 Å². The summed E-state index contributed by atoms with van der Waals surface area (Å²) in [6.07, 6.45) is 3.10. The van der Waals surface area contributed by atoms with Crippen molar-refractivity contribution in [1.82, 2.24) is 9.80 Å². The first-order valence-corrected chi connectivity index (χ1v) is 13.7. The maximum absolute atomic E-state index is 13.8. The third-order valence-corrected chi connectivity index (χ3v) is 7.26. The van der Waals surface area contributed by atoms with Gasteiger partial charge in [0.2, 0.25) is 5.78 Å². The lowest BCUT2D eigenvalue weighted by Gasteiger charge is -2.29. The number of hydrogen-bond acceptors (Lipinski definition) is 7. The van der Waals surface area contributed by atoms with Gasteiger partial charge in [-0.25, -0.2) is 0 Å². The molecule has 1 N–H and O–H groups in total. The number of ether oxygens (including phenoxy) is 2. The van der Waals surface area contributed by atoms with Gasteiger partial charge < -0.3 is 28.8 Å². The van der Waals surface area contributed by atoms with E-state index in [1.54, 1.807) is 36.3 Å². The van der Waals surface area contributed by atoms with E-state index in [0.29, 0.717) is 42.3 Å². The number of amides is 1. The van der Waals surface area contributed by atoms with Crippen molar-refractivity contribution in [2.45, 2.75) is 46.1 Å². The lowest BCUT2D eigenvalue weighted by Crippen LogP contribution is -2.38. The van der Waals surface area contributed by atoms with Gasteiger partial charge in [-0.05, 0) is 49.3 Å². The molecule has 0 spiro atoms. The highest BCUT2D eigenvalue weighted by atomic mass is 16.5. The van der Waals surface area contributed by atoms with Crippen molar-refractivity contribution in [1.29, 1.82) is 0 Å². The number of carbonyl (C=O) groups excluding carboxylic acids is 2. The fourth-order valence-corrected chi connectivity index (χ4v) is 4.99. The molecule has 0 saturated heterocycles. The van der Waals surface area contributed by atoms with Gasteiger partial charge in [-0.15, -0.1) is 0 Å². The number of carbonyl (C=O) groups is 2. The third kappa shape index (κ3) is 5.96. The van der Waals surface area contributed by atoms with E-state index < -0.39 is 23.5 Å². The number of rotatable bonds is 14. The van der Waals surface area contributed by atoms with Crippen LogP contribution in [0.15, 0.2) is 64.3 Å². The SMILES string of the molecule is CCCCCOc1ccc(C2C(C(=O)c3cc4ccccc4o3)=C(O)C(=O)N2CCN(CC)CC)cc1OC. The minimum Gasteiger partial charge on any atom is -0.503 e. The van der Waals surface area contributed by atoms with E-state index >= 15 is 0 Å². The average Bonchev–Trinajstić information content (AvgIpc) is 3.50.